The highest BCUT2D eigenvalue weighted by Gasteiger charge is 2.19. The van der Waals surface area contributed by atoms with Crippen molar-refractivity contribution in [2.75, 3.05) is 31.2 Å². The molecule has 1 aromatic carbocycles. The molecule has 1 aliphatic rings. The number of carbonyl (C=O) groups excluding carboxylic acids is 1. The Morgan fingerprint density at radius 3 is 2.68 bits per heavy atom. The number of nitro benzene ring substituents is 1. The fraction of sp³-hybridized carbons (Fsp3) is 0.294. The molecule has 25 heavy (non-hydrogen) atoms. The molecule has 0 radical (unpaired) electrons. The van der Waals surface area contributed by atoms with E-state index in [1.54, 1.807) is 12.3 Å². The molecular weight excluding hydrogens is 324 g/mol. The van der Waals surface area contributed by atoms with Gasteiger partial charge in [-0.25, -0.2) is 4.98 Å². The molecule has 8 nitrogen and oxygen atoms in total. The number of hydrogen-bond donors (Lipinski definition) is 1. The van der Waals surface area contributed by atoms with Crippen LogP contribution >= 0.6 is 0 Å². The topological polar surface area (TPSA) is 97.6 Å². The number of benzene rings is 1. The first-order valence-corrected chi connectivity index (χ1v) is 7.94. The van der Waals surface area contributed by atoms with E-state index in [-0.39, 0.29) is 17.8 Å². The number of pyridine rings is 1. The number of nitrogens with zero attached hydrogens (tertiary/aromatic N) is 3. The largest absolute Gasteiger partial charge is 0.378 e. The maximum absolute atomic E-state index is 12.2. The zero-order valence-electron chi connectivity index (χ0n) is 13.6. The fourth-order valence-corrected chi connectivity index (χ4v) is 2.60. The first-order chi connectivity index (χ1) is 12.1. The lowest BCUT2D eigenvalue weighted by Gasteiger charge is -2.27. The molecule has 2 heterocycles. The Bertz CT molecular complexity index is 757. The first-order valence-electron chi connectivity index (χ1n) is 7.94. The zero-order valence-corrected chi connectivity index (χ0v) is 13.6. The highest BCUT2D eigenvalue weighted by atomic mass is 16.6. The molecule has 0 bridgehead atoms. The molecule has 1 aliphatic heterocycles. The highest BCUT2D eigenvalue weighted by molar-refractivity contribution is 5.98. The van der Waals surface area contributed by atoms with Crippen LogP contribution in [0.3, 0.4) is 0 Å². The molecule has 1 N–H and O–H groups in total. The molecular formula is C17H18N4O4. The van der Waals surface area contributed by atoms with Crippen molar-refractivity contribution in [3.63, 3.8) is 0 Å². The number of morpholine rings is 1. The van der Waals surface area contributed by atoms with E-state index in [4.69, 9.17) is 4.74 Å². The second kappa shape index (κ2) is 7.71. The minimum Gasteiger partial charge on any atom is -0.378 e. The fourth-order valence-electron chi connectivity index (χ4n) is 2.60. The number of hydrogen-bond acceptors (Lipinski definition) is 6. The van der Waals surface area contributed by atoms with Crippen LogP contribution in [0, 0.1) is 10.1 Å². The van der Waals surface area contributed by atoms with Gasteiger partial charge in [-0.2, -0.15) is 0 Å². The lowest BCUT2D eigenvalue weighted by Crippen LogP contribution is -2.36. The van der Waals surface area contributed by atoms with Gasteiger partial charge in [-0.05, 0) is 17.7 Å². The van der Waals surface area contributed by atoms with Crippen molar-refractivity contribution >= 4 is 17.4 Å². The van der Waals surface area contributed by atoms with E-state index >= 15 is 0 Å². The molecule has 0 unspecified atom stereocenters. The van der Waals surface area contributed by atoms with Crippen LogP contribution in [0.5, 0.6) is 0 Å². The lowest BCUT2D eigenvalue weighted by molar-refractivity contribution is -0.385. The Labute approximate surface area is 144 Å². The third-order valence-corrected chi connectivity index (χ3v) is 3.94. The molecule has 1 fully saturated rings. The second-order valence-electron chi connectivity index (χ2n) is 5.58. The van der Waals surface area contributed by atoms with Crippen LogP contribution in [-0.2, 0) is 11.3 Å². The minimum atomic E-state index is -0.562. The maximum Gasteiger partial charge on any atom is 0.282 e. The van der Waals surface area contributed by atoms with Crippen molar-refractivity contribution < 1.29 is 14.5 Å². The Balaban J connectivity index is 1.62. The number of aromatic nitrogens is 1. The van der Waals surface area contributed by atoms with Gasteiger partial charge in [0.05, 0.1) is 18.1 Å². The molecule has 1 saturated heterocycles. The summed E-state index contributed by atoms with van der Waals surface area (Å²) in [5.74, 6) is 0.390. The highest BCUT2D eigenvalue weighted by Crippen LogP contribution is 2.18. The van der Waals surface area contributed by atoms with Gasteiger partial charge in [0.15, 0.2) is 0 Å². The average Bonchev–Trinajstić information content (AvgIpc) is 2.67. The van der Waals surface area contributed by atoms with Crippen molar-refractivity contribution in [1.82, 2.24) is 10.3 Å². The van der Waals surface area contributed by atoms with Crippen LogP contribution in [0.2, 0.25) is 0 Å². The number of carbonyl (C=O) groups is 1. The van der Waals surface area contributed by atoms with Crippen LogP contribution in [0.4, 0.5) is 11.5 Å². The van der Waals surface area contributed by atoms with Crippen molar-refractivity contribution in [3.05, 3.63) is 63.8 Å². The van der Waals surface area contributed by atoms with Gasteiger partial charge in [-0.3, -0.25) is 14.9 Å². The zero-order chi connectivity index (χ0) is 17.6. The maximum atomic E-state index is 12.2. The molecule has 0 saturated carbocycles. The number of para-hydroxylation sites is 1. The summed E-state index contributed by atoms with van der Waals surface area (Å²) in [5.41, 5.74) is 0.662. The van der Waals surface area contributed by atoms with E-state index in [1.807, 2.05) is 12.1 Å². The van der Waals surface area contributed by atoms with E-state index in [0.717, 1.165) is 24.5 Å². The summed E-state index contributed by atoms with van der Waals surface area (Å²) in [4.78, 5) is 29.2. The van der Waals surface area contributed by atoms with E-state index in [0.29, 0.717) is 13.2 Å². The van der Waals surface area contributed by atoms with Crippen molar-refractivity contribution in [1.29, 1.82) is 0 Å². The standard InChI is InChI=1S/C17H18N4O4/c22-17(14-3-1-2-4-15(14)21(23)24)19-12-13-5-6-16(18-11-13)20-7-9-25-10-8-20/h1-6,11H,7-10,12H2,(H,19,22). The molecule has 0 spiro atoms. The summed E-state index contributed by atoms with van der Waals surface area (Å²) < 4.78 is 5.31. The van der Waals surface area contributed by atoms with Gasteiger partial charge in [-0.1, -0.05) is 18.2 Å². The second-order valence-corrected chi connectivity index (χ2v) is 5.58. The third kappa shape index (κ3) is 4.10. The Kier molecular flexibility index (Phi) is 5.20. The van der Waals surface area contributed by atoms with Crippen molar-refractivity contribution in [3.8, 4) is 0 Å². The van der Waals surface area contributed by atoms with Crippen LogP contribution in [-0.4, -0.2) is 42.1 Å². The van der Waals surface area contributed by atoms with E-state index in [1.165, 1.54) is 18.2 Å². The molecule has 1 aromatic heterocycles. The molecule has 8 heteroatoms. The van der Waals surface area contributed by atoms with Crippen LogP contribution in [0.1, 0.15) is 15.9 Å². The number of ether oxygens (including phenoxy) is 1. The normalized spacial score (nSPS) is 14.2. The van der Waals surface area contributed by atoms with E-state index in [9.17, 15) is 14.9 Å². The smallest absolute Gasteiger partial charge is 0.282 e. The molecule has 0 atom stereocenters. The Hall–Kier alpha value is -3.00. The van der Waals surface area contributed by atoms with Crippen molar-refractivity contribution in [2.45, 2.75) is 6.54 Å². The van der Waals surface area contributed by atoms with Gasteiger partial charge >= 0.3 is 0 Å². The van der Waals surface area contributed by atoms with Gasteiger partial charge in [-0.15, -0.1) is 0 Å². The van der Waals surface area contributed by atoms with Crippen molar-refractivity contribution in [2.24, 2.45) is 0 Å². The number of amides is 1. The summed E-state index contributed by atoms with van der Waals surface area (Å²) in [6.45, 7) is 3.24. The molecule has 130 valence electrons. The number of nitrogens with one attached hydrogen (secondary N) is 1. The number of anilines is 1. The SMILES string of the molecule is O=C(NCc1ccc(N2CCOCC2)nc1)c1ccccc1[N+](=O)[O-]. The molecule has 2 aromatic rings. The Morgan fingerprint density at radius 1 is 1.24 bits per heavy atom. The van der Waals surface area contributed by atoms with Crippen LogP contribution < -0.4 is 10.2 Å². The predicted octanol–water partition coefficient (Wildman–Crippen LogP) is 1.76. The summed E-state index contributed by atoms with van der Waals surface area (Å²) in [5, 5.41) is 13.7. The van der Waals surface area contributed by atoms with Gasteiger partial charge in [0.25, 0.3) is 11.6 Å². The summed E-state index contributed by atoms with van der Waals surface area (Å²) >= 11 is 0. The first kappa shape index (κ1) is 16.8. The monoisotopic (exact) mass is 342 g/mol. The molecule has 3 rings (SSSR count). The van der Waals surface area contributed by atoms with Crippen LogP contribution in [0.15, 0.2) is 42.6 Å². The Morgan fingerprint density at radius 2 is 2.00 bits per heavy atom. The lowest BCUT2D eigenvalue weighted by atomic mass is 10.1. The summed E-state index contributed by atoms with van der Waals surface area (Å²) in [6.07, 6.45) is 1.70. The quantitative estimate of drug-likeness (QED) is 0.657. The summed E-state index contributed by atoms with van der Waals surface area (Å²) in [7, 11) is 0. The summed E-state index contributed by atoms with van der Waals surface area (Å²) in [6, 6.07) is 9.67. The van der Waals surface area contributed by atoms with Gasteiger partial charge in [0.2, 0.25) is 0 Å². The predicted molar refractivity (Wildman–Crippen MR) is 91.5 cm³/mol. The molecule has 1 amide bonds. The van der Waals surface area contributed by atoms with E-state index < -0.39 is 10.8 Å². The minimum absolute atomic E-state index is 0.0467. The van der Waals surface area contributed by atoms with Gasteiger partial charge in [0.1, 0.15) is 11.4 Å². The third-order valence-electron chi connectivity index (χ3n) is 3.94. The number of nitro groups is 1. The van der Waals surface area contributed by atoms with Crippen LogP contribution in [0.25, 0.3) is 0 Å². The van der Waals surface area contributed by atoms with E-state index in [2.05, 4.69) is 15.2 Å². The van der Waals surface area contributed by atoms with Gasteiger partial charge in [0, 0.05) is 31.9 Å². The molecule has 0 aliphatic carbocycles. The van der Waals surface area contributed by atoms with Gasteiger partial charge < -0.3 is 15.0 Å². The number of rotatable bonds is 5. The average molecular weight is 342 g/mol.